The molecule has 6 nitrogen and oxygen atoms in total. The molecule has 104 valence electrons. The first kappa shape index (κ1) is 13.6. The Kier molecular flexibility index (Phi) is 3.59. The molecule has 2 rings (SSSR count). The van der Waals surface area contributed by atoms with Crippen molar-refractivity contribution in [1.82, 2.24) is 14.7 Å². The van der Waals surface area contributed by atoms with Crippen molar-refractivity contribution >= 4 is 11.9 Å². The number of hydrogen-bond acceptors (Lipinski definition) is 3. The molecule has 2 heterocycles. The lowest BCUT2D eigenvalue weighted by Gasteiger charge is -2.36. The highest BCUT2D eigenvalue weighted by atomic mass is 16.4. The van der Waals surface area contributed by atoms with Gasteiger partial charge in [0.05, 0.1) is 11.6 Å². The number of likely N-dealkylation sites (tertiary alicyclic amines) is 1. The van der Waals surface area contributed by atoms with Crippen molar-refractivity contribution in [2.45, 2.75) is 32.7 Å². The normalized spacial score (nSPS) is 23.4. The fraction of sp³-hybridized carbons (Fsp3) is 0.615. The molecule has 1 fully saturated rings. The van der Waals surface area contributed by atoms with Crippen LogP contribution in [0.2, 0.25) is 0 Å². The first-order valence-corrected chi connectivity index (χ1v) is 6.44. The van der Waals surface area contributed by atoms with Gasteiger partial charge in [0.15, 0.2) is 0 Å². The molecule has 1 saturated heterocycles. The standard InChI is InChI=1S/C13H19N3O3/c1-8-6-11(15(3)14-8)12(17)16-5-4-10(13(18)19)7-9(16)2/h6,9-10H,4-5,7H2,1-3H3,(H,18,19). The number of carboxylic acid groups (broad SMARTS) is 1. The number of piperidine rings is 1. The minimum atomic E-state index is -0.768. The van der Waals surface area contributed by atoms with Crippen LogP contribution in [0.1, 0.15) is 35.9 Å². The molecule has 19 heavy (non-hydrogen) atoms. The molecule has 0 aromatic carbocycles. The maximum Gasteiger partial charge on any atom is 0.306 e. The smallest absolute Gasteiger partial charge is 0.306 e. The van der Waals surface area contributed by atoms with E-state index in [0.29, 0.717) is 25.1 Å². The van der Waals surface area contributed by atoms with Crippen LogP contribution in [0.25, 0.3) is 0 Å². The summed E-state index contributed by atoms with van der Waals surface area (Å²) in [7, 11) is 1.74. The Morgan fingerprint density at radius 3 is 2.63 bits per heavy atom. The van der Waals surface area contributed by atoms with Gasteiger partial charge in [0, 0.05) is 19.6 Å². The molecule has 0 spiro atoms. The fourth-order valence-electron chi connectivity index (χ4n) is 2.66. The van der Waals surface area contributed by atoms with Gasteiger partial charge >= 0.3 is 5.97 Å². The van der Waals surface area contributed by atoms with Crippen molar-refractivity contribution in [2.75, 3.05) is 6.54 Å². The minimum absolute atomic E-state index is 0.0578. The highest BCUT2D eigenvalue weighted by Gasteiger charge is 2.33. The van der Waals surface area contributed by atoms with Crippen molar-refractivity contribution in [1.29, 1.82) is 0 Å². The molecular weight excluding hydrogens is 246 g/mol. The number of carbonyl (C=O) groups excluding carboxylic acids is 1. The first-order valence-electron chi connectivity index (χ1n) is 6.44. The summed E-state index contributed by atoms with van der Waals surface area (Å²) in [6.45, 7) is 4.23. The molecule has 0 aliphatic carbocycles. The van der Waals surface area contributed by atoms with Crippen LogP contribution in [0.15, 0.2) is 6.07 Å². The molecule has 2 unspecified atom stereocenters. The average Bonchev–Trinajstić information content (AvgIpc) is 2.67. The van der Waals surface area contributed by atoms with Crippen LogP contribution >= 0.6 is 0 Å². The maximum absolute atomic E-state index is 12.4. The van der Waals surface area contributed by atoms with E-state index in [1.54, 1.807) is 22.7 Å². The van der Waals surface area contributed by atoms with E-state index in [-0.39, 0.29) is 17.9 Å². The summed E-state index contributed by atoms with van der Waals surface area (Å²) >= 11 is 0. The SMILES string of the molecule is Cc1cc(C(=O)N2CCC(C(=O)O)CC2C)n(C)n1. The molecule has 1 aromatic heterocycles. The fourth-order valence-corrected chi connectivity index (χ4v) is 2.66. The molecule has 0 radical (unpaired) electrons. The topological polar surface area (TPSA) is 75.4 Å². The van der Waals surface area contributed by atoms with Crippen LogP contribution in [0.4, 0.5) is 0 Å². The molecule has 0 bridgehead atoms. The Balaban J connectivity index is 2.13. The molecule has 1 aliphatic heterocycles. The number of rotatable bonds is 2. The highest BCUT2D eigenvalue weighted by Crippen LogP contribution is 2.24. The predicted molar refractivity (Wildman–Crippen MR) is 68.8 cm³/mol. The van der Waals surface area contributed by atoms with Gasteiger partial charge in [-0.25, -0.2) is 0 Å². The monoisotopic (exact) mass is 265 g/mol. The number of hydrogen-bond donors (Lipinski definition) is 1. The summed E-state index contributed by atoms with van der Waals surface area (Å²) in [5, 5.41) is 13.2. The van der Waals surface area contributed by atoms with Gasteiger partial charge in [-0.15, -0.1) is 0 Å². The van der Waals surface area contributed by atoms with Crippen molar-refractivity contribution < 1.29 is 14.7 Å². The Labute approximate surface area is 112 Å². The van der Waals surface area contributed by atoms with E-state index in [1.807, 2.05) is 13.8 Å². The third-order valence-corrected chi connectivity index (χ3v) is 3.71. The van der Waals surface area contributed by atoms with E-state index in [4.69, 9.17) is 5.11 Å². The average molecular weight is 265 g/mol. The third-order valence-electron chi connectivity index (χ3n) is 3.71. The van der Waals surface area contributed by atoms with Crippen LogP contribution < -0.4 is 0 Å². The van der Waals surface area contributed by atoms with Crippen LogP contribution in [0.3, 0.4) is 0 Å². The van der Waals surface area contributed by atoms with Gasteiger partial charge in [-0.1, -0.05) is 0 Å². The Morgan fingerprint density at radius 2 is 2.16 bits per heavy atom. The zero-order valence-corrected chi connectivity index (χ0v) is 11.5. The minimum Gasteiger partial charge on any atom is -0.481 e. The van der Waals surface area contributed by atoms with Crippen LogP contribution in [0, 0.1) is 12.8 Å². The Hall–Kier alpha value is -1.85. The van der Waals surface area contributed by atoms with E-state index in [9.17, 15) is 9.59 Å². The van der Waals surface area contributed by atoms with E-state index < -0.39 is 5.97 Å². The molecule has 1 N–H and O–H groups in total. The summed E-state index contributed by atoms with van der Waals surface area (Å²) in [6, 6.07) is 1.70. The van der Waals surface area contributed by atoms with Crippen LogP contribution in [0.5, 0.6) is 0 Å². The molecule has 0 saturated carbocycles. The predicted octanol–water partition coefficient (Wildman–Crippen LogP) is 1.05. The van der Waals surface area contributed by atoms with E-state index >= 15 is 0 Å². The van der Waals surface area contributed by atoms with Crippen molar-refractivity contribution in [2.24, 2.45) is 13.0 Å². The summed E-state index contributed by atoms with van der Waals surface area (Å²) in [4.78, 5) is 25.2. The number of aromatic nitrogens is 2. The second kappa shape index (κ2) is 5.03. The molecule has 1 aromatic rings. The number of amides is 1. The molecule has 6 heteroatoms. The molecule has 1 amide bonds. The zero-order valence-electron chi connectivity index (χ0n) is 11.5. The number of aryl methyl sites for hydroxylation is 2. The quantitative estimate of drug-likeness (QED) is 0.867. The Morgan fingerprint density at radius 1 is 1.47 bits per heavy atom. The van der Waals surface area contributed by atoms with Gasteiger partial charge in [-0.3, -0.25) is 14.3 Å². The molecule has 2 atom stereocenters. The summed E-state index contributed by atoms with van der Waals surface area (Å²) < 4.78 is 1.58. The van der Waals surface area contributed by atoms with E-state index in [1.165, 1.54) is 0 Å². The maximum atomic E-state index is 12.4. The van der Waals surface area contributed by atoms with Crippen LogP contribution in [-0.2, 0) is 11.8 Å². The summed E-state index contributed by atoms with van der Waals surface area (Å²) in [6.07, 6.45) is 1.03. The first-order chi connectivity index (χ1) is 8.90. The van der Waals surface area contributed by atoms with Gasteiger partial charge < -0.3 is 10.0 Å². The number of aliphatic carboxylic acids is 1. The number of carbonyl (C=O) groups is 2. The highest BCUT2D eigenvalue weighted by molar-refractivity contribution is 5.93. The summed E-state index contributed by atoms with van der Waals surface area (Å²) in [5.74, 6) is -1.18. The second-order valence-corrected chi connectivity index (χ2v) is 5.20. The lowest BCUT2D eigenvalue weighted by Crippen LogP contribution is -2.46. The zero-order chi connectivity index (χ0) is 14.2. The summed E-state index contributed by atoms with van der Waals surface area (Å²) in [5.41, 5.74) is 1.36. The van der Waals surface area contributed by atoms with E-state index in [0.717, 1.165) is 5.69 Å². The van der Waals surface area contributed by atoms with Crippen LogP contribution in [-0.4, -0.2) is 44.3 Å². The molecule has 1 aliphatic rings. The van der Waals surface area contributed by atoms with Gasteiger partial charge in [0.25, 0.3) is 5.91 Å². The number of nitrogens with zero attached hydrogens (tertiary/aromatic N) is 3. The second-order valence-electron chi connectivity index (χ2n) is 5.20. The largest absolute Gasteiger partial charge is 0.481 e. The lowest BCUT2D eigenvalue weighted by atomic mass is 9.91. The number of carboxylic acids is 1. The van der Waals surface area contributed by atoms with Gasteiger partial charge in [0.2, 0.25) is 0 Å². The van der Waals surface area contributed by atoms with Gasteiger partial charge in [-0.2, -0.15) is 5.10 Å². The van der Waals surface area contributed by atoms with Crippen molar-refractivity contribution in [3.05, 3.63) is 17.5 Å². The molecular formula is C13H19N3O3. The van der Waals surface area contributed by atoms with Crippen molar-refractivity contribution in [3.8, 4) is 0 Å². The Bertz CT molecular complexity index is 509. The van der Waals surface area contributed by atoms with Gasteiger partial charge in [0.1, 0.15) is 5.69 Å². The lowest BCUT2D eigenvalue weighted by molar-refractivity contribution is -0.143. The van der Waals surface area contributed by atoms with Crippen molar-refractivity contribution in [3.63, 3.8) is 0 Å². The third kappa shape index (κ3) is 2.62. The van der Waals surface area contributed by atoms with Gasteiger partial charge in [-0.05, 0) is 32.8 Å². The van der Waals surface area contributed by atoms with E-state index in [2.05, 4.69) is 5.10 Å².